The van der Waals surface area contributed by atoms with Gasteiger partial charge in [0.05, 0.1) is 22.4 Å². The third kappa shape index (κ3) is 4.85. The summed E-state index contributed by atoms with van der Waals surface area (Å²) in [6.45, 7) is 5.41. The van der Waals surface area contributed by atoms with E-state index >= 15 is 0 Å². The van der Waals surface area contributed by atoms with Gasteiger partial charge >= 0.3 is 0 Å². The first-order valence-corrected chi connectivity index (χ1v) is 14.0. The molecule has 0 fully saturated rings. The van der Waals surface area contributed by atoms with Gasteiger partial charge in [0.25, 0.3) is 10.0 Å². The molecule has 0 spiro atoms. The number of benzene rings is 3. The van der Waals surface area contributed by atoms with Crippen LogP contribution in [0.3, 0.4) is 0 Å². The second-order valence-electron chi connectivity index (χ2n) is 8.30. The SMILES string of the molecule is CCS(=O)(=O)Nc1cccc(C2=NN(S(=O)(=O)c3ccc(C)cc3)[C@@H](c3ccccc3C)C2)c1. The van der Waals surface area contributed by atoms with Gasteiger partial charge in [-0.25, -0.2) is 8.42 Å². The van der Waals surface area contributed by atoms with E-state index in [1.165, 1.54) is 4.41 Å². The fourth-order valence-electron chi connectivity index (χ4n) is 3.91. The molecule has 1 aliphatic heterocycles. The Bertz CT molecular complexity index is 1450. The number of hydrazone groups is 1. The number of anilines is 1. The van der Waals surface area contributed by atoms with E-state index in [-0.39, 0.29) is 10.6 Å². The van der Waals surface area contributed by atoms with Crippen molar-refractivity contribution in [1.82, 2.24) is 4.41 Å². The minimum Gasteiger partial charge on any atom is -0.284 e. The highest BCUT2D eigenvalue weighted by molar-refractivity contribution is 7.92. The number of sulfonamides is 2. The first-order valence-electron chi connectivity index (χ1n) is 11.0. The van der Waals surface area contributed by atoms with Gasteiger partial charge in [0.2, 0.25) is 10.0 Å². The molecule has 178 valence electrons. The molecule has 0 aliphatic carbocycles. The van der Waals surface area contributed by atoms with Crippen molar-refractivity contribution in [3.63, 3.8) is 0 Å². The third-order valence-electron chi connectivity index (χ3n) is 5.83. The summed E-state index contributed by atoms with van der Waals surface area (Å²) in [4.78, 5) is 0.172. The standard InChI is InChI=1S/C25H27N3O4S2/c1-4-33(29,30)27-21-10-7-9-20(16-21)24-17-25(23-11-6-5-8-19(23)3)28(26-24)34(31,32)22-14-12-18(2)13-15-22/h5-16,25,27H,4,17H2,1-3H3/t25-/m1/s1. The van der Waals surface area contributed by atoms with Crippen LogP contribution in [0.1, 0.15) is 41.6 Å². The van der Waals surface area contributed by atoms with E-state index in [0.717, 1.165) is 16.7 Å². The molecule has 0 amide bonds. The third-order valence-corrected chi connectivity index (χ3v) is 8.84. The van der Waals surface area contributed by atoms with Crippen LogP contribution in [-0.4, -0.2) is 32.7 Å². The van der Waals surface area contributed by atoms with Gasteiger partial charge in [0.15, 0.2) is 0 Å². The van der Waals surface area contributed by atoms with E-state index in [9.17, 15) is 16.8 Å². The quantitative estimate of drug-likeness (QED) is 0.516. The topological polar surface area (TPSA) is 95.9 Å². The van der Waals surface area contributed by atoms with E-state index in [2.05, 4.69) is 9.82 Å². The van der Waals surface area contributed by atoms with Crippen molar-refractivity contribution in [2.45, 2.75) is 38.1 Å². The van der Waals surface area contributed by atoms with E-state index in [1.807, 2.05) is 38.1 Å². The first kappa shape index (κ1) is 24.0. The number of aryl methyl sites for hydroxylation is 2. The minimum absolute atomic E-state index is 0.0455. The van der Waals surface area contributed by atoms with Gasteiger partial charge in [-0.3, -0.25) is 4.72 Å². The van der Waals surface area contributed by atoms with Crippen molar-refractivity contribution < 1.29 is 16.8 Å². The lowest BCUT2D eigenvalue weighted by atomic mass is 9.96. The maximum absolute atomic E-state index is 13.6. The maximum atomic E-state index is 13.6. The van der Waals surface area contributed by atoms with E-state index in [4.69, 9.17) is 0 Å². The zero-order valence-electron chi connectivity index (χ0n) is 19.3. The summed E-state index contributed by atoms with van der Waals surface area (Å²) in [5.74, 6) is -0.0455. The summed E-state index contributed by atoms with van der Waals surface area (Å²) in [6.07, 6.45) is 0.361. The van der Waals surface area contributed by atoms with E-state index < -0.39 is 26.1 Å². The lowest BCUT2D eigenvalue weighted by Gasteiger charge is -2.24. The van der Waals surface area contributed by atoms with Gasteiger partial charge in [-0.1, -0.05) is 54.1 Å². The van der Waals surface area contributed by atoms with Crippen molar-refractivity contribution >= 4 is 31.4 Å². The molecule has 1 atom stereocenters. The van der Waals surface area contributed by atoms with Crippen molar-refractivity contribution in [2.75, 3.05) is 10.5 Å². The summed E-state index contributed by atoms with van der Waals surface area (Å²) >= 11 is 0. The molecular weight excluding hydrogens is 470 g/mol. The number of rotatable bonds is 7. The molecule has 3 aromatic rings. The Morgan fingerprint density at radius 2 is 1.65 bits per heavy atom. The fraction of sp³-hybridized carbons (Fsp3) is 0.240. The van der Waals surface area contributed by atoms with Gasteiger partial charge in [0.1, 0.15) is 0 Å². The second-order valence-corrected chi connectivity index (χ2v) is 12.1. The summed E-state index contributed by atoms with van der Waals surface area (Å²) in [7, 11) is -7.36. The van der Waals surface area contributed by atoms with Crippen LogP contribution < -0.4 is 4.72 Å². The molecule has 1 N–H and O–H groups in total. The van der Waals surface area contributed by atoms with E-state index in [0.29, 0.717) is 23.4 Å². The van der Waals surface area contributed by atoms with Crippen molar-refractivity contribution in [3.8, 4) is 0 Å². The van der Waals surface area contributed by atoms with Crippen LogP contribution in [0.2, 0.25) is 0 Å². The molecule has 0 unspecified atom stereocenters. The summed E-state index contributed by atoms with van der Waals surface area (Å²) < 4.78 is 55.0. The molecule has 3 aromatic carbocycles. The van der Waals surface area contributed by atoms with Crippen LogP contribution in [0.25, 0.3) is 0 Å². The number of nitrogens with zero attached hydrogens (tertiary/aromatic N) is 2. The van der Waals surface area contributed by atoms with Crippen LogP contribution in [0.4, 0.5) is 5.69 Å². The second kappa shape index (κ2) is 9.23. The van der Waals surface area contributed by atoms with Gasteiger partial charge in [-0.05, 0) is 61.7 Å². The molecule has 0 saturated carbocycles. The van der Waals surface area contributed by atoms with Crippen LogP contribution >= 0.6 is 0 Å². The molecule has 34 heavy (non-hydrogen) atoms. The van der Waals surface area contributed by atoms with E-state index in [1.54, 1.807) is 55.5 Å². The lowest BCUT2D eigenvalue weighted by molar-refractivity contribution is 0.370. The monoisotopic (exact) mass is 497 g/mol. The number of hydrogen-bond donors (Lipinski definition) is 1. The Morgan fingerprint density at radius 3 is 2.32 bits per heavy atom. The minimum atomic E-state index is -3.92. The average Bonchev–Trinajstić information content (AvgIpc) is 3.26. The molecule has 0 aromatic heterocycles. The van der Waals surface area contributed by atoms with Gasteiger partial charge in [-0.2, -0.15) is 17.9 Å². The zero-order chi connectivity index (χ0) is 24.5. The predicted molar refractivity (Wildman–Crippen MR) is 135 cm³/mol. The Kier molecular flexibility index (Phi) is 6.51. The highest BCUT2D eigenvalue weighted by Gasteiger charge is 2.38. The number of hydrogen-bond acceptors (Lipinski definition) is 5. The molecule has 0 saturated heterocycles. The molecule has 7 nitrogen and oxygen atoms in total. The highest BCUT2D eigenvalue weighted by atomic mass is 32.2. The number of nitrogens with one attached hydrogen (secondary N) is 1. The molecule has 4 rings (SSSR count). The average molecular weight is 498 g/mol. The zero-order valence-corrected chi connectivity index (χ0v) is 20.9. The van der Waals surface area contributed by atoms with Gasteiger partial charge < -0.3 is 0 Å². The molecule has 0 radical (unpaired) electrons. The van der Waals surface area contributed by atoms with Crippen LogP contribution in [0, 0.1) is 13.8 Å². The smallest absolute Gasteiger partial charge is 0.279 e. The Morgan fingerprint density at radius 1 is 0.941 bits per heavy atom. The highest BCUT2D eigenvalue weighted by Crippen LogP contribution is 2.38. The van der Waals surface area contributed by atoms with Crippen LogP contribution in [-0.2, 0) is 20.0 Å². The lowest BCUT2D eigenvalue weighted by Crippen LogP contribution is -2.27. The predicted octanol–water partition coefficient (Wildman–Crippen LogP) is 4.61. The molecular formula is C25H27N3O4S2. The van der Waals surface area contributed by atoms with Gasteiger partial charge in [0, 0.05) is 12.1 Å². The Labute approximate surface area is 201 Å². The van der Waals surface area contributed by atoms with Crippen molar-refractivity contribution in [3.05, 3.63) is 95.1 Å². The summed E-state index contributed by atoms with van der Waals surface area (Å²) in [5.41, 5.74) is 4.45. The maximum Gasteiger partial charge on any atom is 0.279 e. The van der Waals surface area contributed by atoms with Crippen LogP contribution in [0.5, 0.6) is 0 Å². The largest absolute Gasteiger partial charge is 0.284 e. The van der Waals surface area contributed by atoms with Crippen LogP contribution in [0.15, 0.2) is 82.8 Å². The first-order chi connectivity index (χ1) is 16.1. The van der Waals surface area contributed by atoms with Crippen molar-refractivity contribution in [2.24, 2.45) is 5.10 Å². The summed E-state index contributed by atoms with van der Waals surface area (Å²) in [5, 5.41) is 4.57. The molecule has 0 bridgehead atoms. The molecule has 1 heterocycles. The Hall–Kier alpha value is -3.17. The van der Waals surface area contributed by atoms with Crippen molar-refractivity contribution in [1.29, 1.82) is 0 Å². The fourth-order valence-corrected chi connectivity index (χ4v) is 5.96. The van der Waals surface area contributed by atoms with Gasteiger partial charge in [-0.15, -0.1) is 0 Å². The Balaban J connectivity index is 1.78. The summed E-state index contributed by atoms with van der Waals surface area (Å²) in [6, 6.07) is 20.7. The molecule has 1 aliphatic rings. The molecule has 9 heteroatoms. The normalized spacial score (nSPS) is 16.4.